The van der Waals surface area contributed by atoms with Gasteiger partial charge in [0, 0.05) is 92.8 Å². The third-order valence-corrected chi connectivity index (χ3v) is 21.4. The fraction of sp³-hybridized carbons (Fsp3) is 0.362. The number of carboxylic acid groups (broad SMARTS) is 1. The van der Waals surface area contributed by atoms with Gasteiger partial charge in [-0.3, -0.25) is 15.0 Å². The number of nitrogens with zero attached hydrogens (tertiary/aromatic N) is 3. The van der Waals surface area contributed by atoms with Crippen molar-refractivity contribution in [2.45, 2.75) is 193 Å². The Morgan fingerprint density at radius 3 is 1.05 bits per heavy atom. The van der Waals surface area contributed by atoms with Gasteiger partial charge in [-0.25, -0.2) is 14.4 Å². The van der Waals surface area contributed by atoms with E-state index in [1.165, 1.54) is 45.8 Å². The van der Waals surface area contributed by atoms with E-state index < -0.39 is 54.2 Å². The standard InChI is InChI=1S/C32H35NO4.C31H32ClNO4.C30H31NO4.CH5BO2.Na.H2O/c1-8-35-31(34)30(37-32(5,6)7)26-19(3)17-24-20(4)18(2)9-10-22(24)28(26)23-11-12-25-27-21(14-16-36-25)13-15-33-29(23)27;1-7-35-30(34)29(37-31(4,5)6)24-18(3)16-22-20(9-8-17(2)27(22)32)26(24)21-10-11-23-25-19(13-15-36-23)12-14-33-28(21)25;1-16-7-8-20-22(18(16)3)15-17(2)24(28(29(32)33)35-30(4,5)6)26(20)21-9-10-23-25-19(12-14-34-23)11-13-31-27(21)25;1-2(3)4;;/h9-13,15,17,30H,8,14,16H2,1-7H3;8-12,14,16,29H,7,13,15H2,1-6H3;7-11,13,15,28H,12,14H2,1-6H3,(H,32,33);3-4H,1H3;;1H2/q;;;;+1;/p-1/t30-;29-;28-;;;/m000.../s1. The van der Waals surface area contributed by atoms with E-state index >= 15 is 0 Å². The zero-order valence-corrected chi connectivity index (χ0v) is 72.8. The van der Waals surface area contributed by atoms with Gasteiger partial charge in [0.15, 0.2) is 18.3 Å². The summed E-state index contributed by atoms with van der Waals surface area (Å²) in [6, 6.07) is 37.2. The quantitative estimate of drug-likeness (QED) is 0.0675. The maximum atomic E-state index is 13.5. The molecule has 9 aromatic carbocycles. The van der Waals surface area contributed by atoms with Gasteiger partial charge in [-0.1, -0.05) is 60.1 Å². The van der Waals surface area contributed by atoms with E-state index in [9.17, 15) is 19.5 Å². The first kappa shape index (κ1) is 88.3. The van der Waals surface area contributed by atoms with Crippen LogP contribution in [0.15, 0.2) is 128 Å². The normalized spacial score (nSPS) is 13.6. The molecule has 0 saturated carbocycles. The molecule has 12 aromatic rings. The number of rotatable bonds is 14. The van der Waals surface area contributed by atoms with Crippen LogP contribution < -0.4 is 43.8 Å². The summed E-state index contributed by atoms with van der Waals surface area (Å²) in [5.41, 5.74) is 20.7. The van der Waals surface area contributed by atoms with Crippen molar-refractivity contribution >= 4 is 102 Å². The molecule has 21 heteroatoms. The molecule has 0 unspecified atom stereocenters. The molecule has 15 rings (SSSR count). The molecule has 0 spiro atoms. The Hall–Kier alpha value is -9.09. The van der Waals surface area contributed by atoms with E-state index in [2.05, 4.69) is 95.3 Å². The van der Waals surface area contributed by atoms with Crippen LogP contribution in [0.1, 0.15) is 172 Å². The van der Waals surface area contributed by atoms with Crippen molar-refractivity contribution in [1.82, 2.24) is 15.0 Å². The van der Waals surface area contributed by atoms with Crippen LogP contribution in [0.5, 0.6) is 17.2 Å². The topological polar surface area (TPSA) is 254 Å². The summed E-state index contributed by atoms with van der Waals surface area (Å²) in [6.45, 7) is 41.3. The number of carboxylic acids is 1. The fourth-order valence-corrected chi connectivity index (χ4v) is 16.0. The summed E-state index contributed by atoms with van der Waals surface area (Å²) in [6.07, 6.45) is 5.10. The van der Waals surface area contributed by atoms with E-state index in [-0.39, 0.29) is 54.2 Å². The van der Waals surface area contributed by atoms with Crippen molar-refractivity contribution in [3.8, 4) is 50.6 Å². The number of esters is 2. The van der Waals surface area contributed by atoms with Crippen molar-refractivity contribution in [3.05, 3.63) is 211 Å². The molecular formula is C94H104BClN3NaO15. The van der Waals surface area contributed by atoms with Crippen molar-refractivity contribution in [1.29, 1.82) is 0 Å². The van der Waals surface area contributed by atoms with Crippen LogP contribution in [0.4, 0.5) is 0 Å². The second-order valence-electron chi connectivity index (χ2n) is 32.5. The summed E-state index contributed by atoms with van der Waals surface area (Å²) in [5.74, 6) is 0.693. The van der Waals surface area contributed by atoms with E-state index in [0.29, 0.717) is 30.4 Å². The van der Waals surface area contributed by atoms with Crippen LogP contribution in [0, 0.1) is 55.4 Å². The van der Waals surface area contributed by atoms with Gasteiger partial charge in [0.25, 0.3) is 0 Å². The number of aromatic nitrogens is 3. The Bertz CT molecular complexity index is 5480. The number of aliphatic carboxylic acids is 1. The number of carbonyl (C=O) groups is 3. The number of benzene rings is 9. The van der Waals surface area contributed by atoms with Gasteiger partial charge in [-0.15, -0.1) is 0 Å². The molecule has 3 atom stereocenters. The van der Waals surface area contributed by atoms with E-state index in [4.69, 9.17) is 74.5 Å². The molecule has 6 heterocycles. The Morgan fingerprint density at radius 2 is 0.739 bits per heavy atom. The van der Waals surface area contributed by atoms with Gasteiger partial charge in [0.05, 0.1) is 71.4 Å². The van der Waals surface area contributed by atoms with Crippen molar-refractivity contribution in [2.24, 2.45) is 0 Å². The minimum atomic E-state index is -1.17. The Morgan fingerprint density at radius 1 is 0.443 bits per heavy atom. The number of hydrogen-bond donors (Lipinski definition) is 3. The zero-order chi connectivity index (χ0) is 81.6. The molecular weight excluding hydrogens is 1480 g/mol. The number of aryl methyl sites for hydroxylation is 8. The minimum Gasteiger partial charge on any atom is -0.870 e. The maximum absolute atomic E-state index is 13.5. The molecule has 0 bridgehead atoms. The number of halogens is 1. The smallest absolute Gasteiger partial charge is 0.870 e. The molecule has 596 valence electrons. The molecule has 4 N–H and O–H groups in total. The predicted octanol–water partition coefficient (Wildman–Crippen LogP) is 17.8. The minimum absolute atomic E-state index is 0. The summed E-state index contributed by atoms with van der Waals surface area (Å²) >= 11 is 6.85. The van der Waals surface area contributed by atoms with Crippen molar-refractivity contribution < 1.29 is 102 Å². The molecule has 3 aromatic heterocycles. The number of ether oxygens (including phenoxy) is 8. The second-order valence-corrected chi connectivity index (χ2v) is 32.8. The number of hydrogen-bond acceptors (Lipinski definition) is 17. The third-order valence-electron chi connectivity index (χ3n) is 20.9. The summed E-state index contributed by atoms with van der Waals surface area (Å²) in [5, 5.41) is 35.5. The maximum Gasteiger partial charge on any atom is 1.00 e. The van der Waals surface area contributed by atoms with Crippen molar-refractivity contribution in [3.63, 3.8) is 0 Å². The van der Waals surface area contributed by atoms with Crippen LogP contribution in [-0.2, 0) is 57.3 Å². The Kier molecular flexibility index (Phi) is 27.5. The Labute approximate surface area is 701 Å². The second kappa shape index (κ2) is 35.8. The third kappa shape index (κ3) is 18.4. The first-order valence-corrected chi connectivity index (χ1v) is 39.2. The van der Waals surface area contributed by atoms with Crippen LogP contribution in [-0.4, -0.2) is 110 Å². The van der Waals surface area contributed by atoms with E-state index in [1.807, 2.05) is 157 Å². The van der Waals surface area contributed by atoms with Gasteiger partial charge in [-0.05, 0) is 304 Å². The molecule has 0 radical (unpaired) electrons. The first-order chi connectivity index (χ1) is 53.5. The summed E-state index contributed by atoms with van der Waals surface area (Å²) in [4.78, 5) is 54.0. The van der Waals surface area contributed by atoms with Gasteiger partial charge in [0.1, 0.15) is 17.2 Å². The van der Waals surface area contributed by atoms with E-state index in [1.54, 1.807) is 6.92 Å². The molecule has 0 amide bonds. The largest absolute Gasteiger partial charge is 1.00 e. The Balaban J connectivity index is 0.000000177. The average molecular weight is 1590 g/mol. The molecule has 3 aliphatic rings. The van der Waals surface area contributed by atoms with Crippen molar-refractivity contribution in [2.75, 3.05) is 33.0 Å². The van der Waals surface area contributed by atoms with E-state index in [0.717, 1.165) is 168 Å². The first-order valence-electron chi connectivity index (χ1n) is 38.9. The van der Waals surface area contributed by atoms with Gasteiger partial charge < -0.3 is 58.5 Å². The molecule has 115 heavy (non-hydrogen) atoms. The number of carbonyl (C=O) groups excluding carboxylic acids is 2. The fourth-order valence-electron chi connectivity index (χ4n) is 15.8. The summed E-state index contributed by atoms with van der Waals surface area (Å²) < 4.78 is 48.1. The van der Waals surface area contributed by atoms with Gasteiger partial charge >= 0.3 is 54.6 Å². The summed E-state index contributed by atoms with van der Waals surface area (Å²) in [7, 11) is -1.17. The van der Waals surface area contributed by atoms with Crippen LogP contribution in [0.2, 0.25) is 11.8 Å². The molecule has 0 saturated heterocycles. The van der Waals surface area contributed by atoms with Crippen LogP contribution in [0.3, 0.4) is 0 Å². The number of fused-ring (bicyclic) bond motifs is 3. The molecule has 0 fully saturated rings. The predicted molar refractivity (Wildman–Crippen MR) is 454 cm³/mol. The van der Waals surface area contributed by atoms with Crippen LogP contribution >= 0.6 is 11.6 Å². The van der Waals surface area contributed by atoms with Crippen LogP contribution in [0.25, 0.3) is 98.4 Å². The van der Waals surface area contributed by atoms with Gasteiger partial charge in [-0.2, -0.15) is 0 Å². The monoisotopic (exact) mass is 1580 g/mol. The average Bonchev–Trinajstić information content (AvgIpc) is 0.738. The molecule has 18 nitrogen and oxygen atoms in total. The SMILES string of the molecule is CB(O)O.CCOC(=O)[C@@H](OC(C)(C)C)c1c(C)cc2c(C)c(C)ccc2c1-c1ccc2c3c(ccnc13)CCO2.CCOC(=O)[C@@H](OC(C)(C)C)c1c(C)cc2c(Cl)c(C)ccc2c1-c1ccc2c3c(ccnc13)CCO2.Cc1cc2c(C)c(C)ccc2c(-c2ccc3c4c(ccnc24)CCO3)c1[C@H](OC(C)(C)C)C(=O)O.[Na+].[OH-]. The van der Waals surface area contributed by atoms with Gasteiger partial charge in [0.2, 0.25) is 0 Å². The molecule has 0 aliphatic carbocycles. The number of pyridine rings is 3. The molecule has 3 aliphatic heterocycles. The zero-order valence-electron chi connectivity index (χ0n) is 70.1.